The Balaban J connectivity index is 2.11. The lowest BCUT2D eigenvalue weighted by molar-refractivity contribution is -0.139. The predicted octanol–water partition coefficient (Wildman–Crippen LogP) is 5.82. The molecule has 2 amide bonds. The first-order valence-corrected chi connectivity index (χ1v) is 14.9. The minimum absolute atomic E-state index is 0.0423. The van der Waals surface area contributed by atoms with E-state index in [1.165, 1.54) is 19.2 Å². The second-order valence-corrected chi connectivity index (χ2v) is 12.2. The predicted molar refractivity (Wildman–Crippen MR) is 154 cm³/mol. The van der Waals surface area contributed by atoms with Crippen LogP contribution in [0.5, 0.6) is 0 Å². The number of anilines is 1. The third-order valence-corrected chi connectivity index (χ3v) is 8.13. The van der Waals surface area contributed by atoms with Crippen molar-refractivity contribution in [3.63, 3.8) is 0 Å². The largest absolute Gasteiger partial charge is 0.416 e. The van der Waals surface area contributed by atoms with Gasteiger partial charge < -0.3 is 10.2 Å². The summed E-state index contributed by atoms with van der Waals surface area (Å²) in [6.45, 7) is -1.19. The van der Waals surface area contributed by atoms with Gasteiger partial charge in [-0.15, -0.1) is 0 Å². The van der Waals surface area contributed by atoms with Crippen LogP contribution in [-0.4, -0.2) is 51.0 Å². The van der Waals surface area contributed by atoms with Crippen LogP contribution in [0.25, 0.3) is 0 Å². The molecule has 14 heteroatoms. The van der Waals surface area contributed by atoms with Crippen LogP contribution in [0.2, 0.25) is 15.1 Å². The van der Waals surface area contributed by atoms with Gasteiger partial charge in [-0.25, -0.2) is 8.42 Å². The number of nitrogens with zero attached hydrogens (tertiary/aromatic N) is 2. The summed E-state index contributed by atoms with van der Waals surface area (Å²) >= 11 is 18.5. The fraction of sp³-hybridized carbons (Fsp3) is 0.259. The normalized spacial score (nSPS) is 12.5. The first-order chi connectivity index (χ1) is 19.1. The number of benzene rings is 3. The van der Waals surface area contributed by atoms with E-state index in [0.717, 1.165) is 17.2 Å². The molecule has 3 aromatic carbocycles. The van der Waals surface area contributed by atoms with E-state index in [1.54, 1.807) is 36.4 Å². The van der Waals surface area contributed by atoms with Crippen molar-refractivity contribution in [2.45, 2.75) is 25.2 Å². The van der Waals surface area contributed by atoms with Gasteiger partial charge in [-0.2, -0.15) is 13.2 Å². The molecule has 0 aliphatic heterocycles. The maximum atomic E-state index is 13.9. The highest BCUT2D eigenvalue weighted by atomic mass is 35.5. The van der Waals surface area contributed by atoms with Crippen molar-refractivity contribution in [2.24, 2.45) is 0 Å². The van der Waals surface area contributed by atoms with Crippen LogP contribution < -0.4 is 9.62 Å². The fourth-order valence-electron chi connectivity index (χ4n) is 4.03. The topological polar surface area (TPSA) is 86.8 Å². The highest BCUT2D eigenvalue weighted by molar-refractivity contribution is 7.92. The second kappa shape index (κ2) is 13.3. The number of rotatable bonds is 10. The number of alkyl halides is 3. The van der Waals surface area contributed by atoms with E-state index in [2.05, 4.69) is 5.32 Å². The van der Waals surface area contributed by atoms with Gasteiger partial charge >= 0.3 is 6.18 Å². The van der Waals surface area contributed by atoms with Crippen molar-refractivity contribution in [1.82, 2.24) is 10.2 Å². The highest BCUT2D eigenvalue weighted by Gasteiger charge is 2.35. The van der Waals surface area contributed by atoms with Gasteiger partial charge in [-0.3, -0.25) is 13.9 Å². The average Bonchev–Trinajstić information content (AvgIpc) is 2.89. The molecular formula is C27H25Cl3F3N3O4S. The van der Waals surface area contributed by atoms with E-state index in [4.69, 9.17) is 34.8 Å². The van der Waals surface area contributed by atoms with E-state index < -0.39 is 51.9 Å². The minimum Gasteiger partial charge on any atom is -0.357 e. The molecule has 0 aliphatic carbocycles. The lowest BCUT2D eigenvalue weighted by Gasteiger charge is -2.33. The van der Waals surface area contributed by atoms with E-state index in [-0.39, 0.29) is 23.0 Å². The zero-order chi connectivity index (χ0) is 30.5. The maximum absolute atomic E-state index is 13.9. The monoisotopic (exact) mass is 649 g/mol. The Morgan fingerprint density at radius 1 is 0.951 bits per heavy atom. The molecule has 0 saturated carbocycles. The summed E-state index contributed by atoms with van der Waals surface area (Å²) in [6.07, 6.45) is -4.03. The van der Waals surface area contributed by atoms with E-state index >= 15 is 0 Å². The SMILES string of the molecule is CNC(=O)[C@H](Cc1ccccc1)N(Cc1ccc(Cl)cc1Cl)C(=O)CN(c1cc(C(F)(F)F)ccc1Cl)S(C)(=O)=O. The molecule has 0 unspecified atom stereocenters. The Morgan fingerprint density at radius 3 is 2.17 bits per heavy atom. The minimum atomic E-state index is -4.80. The summed E-state index contributed by atoms with van der Waals surface area (Å²) in [6, 6.07) is 14.3. The van der Waals surface area contributed by atoms with Gasteiger partial charge in [0.05, 0.1) is 22.5 Å². The summed E-state index contributed by atoms with van der Waals surface area (Å²) in [4.78, 5) is 28.1. The van der Waals surface area contributed by atoms with Gasteiger partial charge in [0.25, 0.3) is 0 Å². The number of carbonyl (C=O) groups excluding carboxylic acids is 2. The Bertz CT molecular complexity index is 1520. The molecule has 0 aliphatic rings. The zero-order valence-corrected chi connectivity index (χ0v) is 24.8. The Labute approximate surface area is 250 Å². The van der Waals surface area contributed by atoms with Gasteiger partial charge in [-0.1, -0.05) is 71.2 Å². The molecule has 1 atom stereocenters. The third kappa shape index (κ3) is 8.51. The number of halogens is 6. The van der Waals surface area contributed by atoms with Crippen LogP contribution in [0, 0.1) is 0 Å². The Hall–Kier alpha value is -2.99. The highest BCUT2D eigenvalue weighted by Crippen LogP contribution is 2.36. The summed E-state index contributed by atoms with van der Waals surface area (Å²) in [5.41, 5.74) is -0.604. The Kier molecular flexibility index (Phi) is 10.6. The van der Waals surface area contributed by atoms with Crippen molar-refractivity contribution in [1.29, 1.82) is 0 Å². The zero-order valence-electron chi connectivity index (χ0n) is 21.8. The van der Waals surface area contributed by atoms with E-state index in [0.29, 0.717) is 32.6 Å². The lowest BCUT2D eigenvalue weighted by Crippen LogP contribution is -2.53. The summed E-state index contributed by atoms with van der Waals surface area (Å²) in [7, 11) is -2.96. The van der Waals surface area contributed by atoms with Crippen LogP contribution in [0.1, 0.15) is 16.7 Å². The average molecular weight is 651 g/mol. The number of sulfonamides is 1. The molecule has 1 N–H and O–H groups in total. The van der Waals surface area contributed by atoms with Gasteiger partial charge in [0.15, 0.2) is 0 Å². The van der Waals surface area contributed by atoms with Crippen molar-refractivity contribution < 1.29 is 31.2 Å². The number of hydrogen-bond acceptors (Lipinski definition) is 4. The van der Waals surface area contributed by atoms with Crippen LogP contribution >= 0.6 is 34.8 Å². The number of amides is 2. The van der Waals surface area contributed by atoms with Gasteiger partial charge in [0.2, 0.25) is 21.8 Å². The third-order valence-electron chi connectivity index (χ3n) is 6.09. The molecular weight excluding hydrogens is 626 g/mol. The molecule has 41 heavy (non-hydrogen) atoms. The molecule has 0 aromatic heterocycles. The first-order valence-electron chi connectivity index (χ1n) is 11.9. The summed E-state index contributed by atoms with van der Waals surface area (Å²) in [5.74, 6) is -1.45. The van der Waals surface area contributed by atoms with Crippen LogP contribution in [0.3, 0.4) is 0 Å². The lowest BCUT2D eigenvalue weighted by atomic mass is 10.0. The van der Waals surface area contributed by atoms with Crippen molar-refractivity contribution in [3.8, 4) is 0 Å². The number of carbonyl (C=O) groups is 2. The molecule has 3 aromatic rings. The summed E-state index contributed by atoms with van der Waals surface area (Å²) in [5, 5.41) is 2.70. The standard InChI is InChI=1S/C27H25Cl3F3N3O4S/c1-34-26(38)24(12-17-6-4-3-5-7-17)35(15-18-8-10-20(28)14-22(18)30)25(37)16-36(41(2,39)40)23-13-19(27(31,32)33)9-11-21(23)29/h3-11,13-14,24H,12,15-16H2,1-2H3,(H,34,38)/t24-/m0/s1. The second-order valence-electron chi connectivity index (χ2n) is 9.01. The van der Waals surface area contributed by atoms with E-state index in [9.17, 15) is 31.2 Å². The van der Waals surface area contributed by atoms with Gasteiger partial charge in [0.1, 0.15) is 12.6 Å². The maximum Gasteiger partial charge on any atom is 0.416 e. The van der Waals surface area contributed by atoms with E-state index in [1.807, 2.05) is 0 Å². The Morgan fingerprint density at radius 2 is 1.61 bits per heavy atom. The quantitative estimate of drug-likeness (QED) is 0.300. The molecule has 0 heterocycles. The molecule has 0 bridgehead atoms. The first kappa shape index (κ1) is 32.5. The van der Waals surface area contributed by atoms with Crippen LogP contribution in [-0.2, 0) is 38.8 Å². The molecule has 7 nitrogen and oxygen atoms in total. The van der Waals surface area contributed by atoms with Gasteiger partial charge in [0, 0.05) is 30.1 Å². The van der Waals surface area contributed by atoms with Crippen molar-refractivity contribution in [2.75, 3.05) is 24.2 Å². The molecule has 3 rings (SSSR count). The molecule has 0 radical (unpaired) electrons. The smallest absolute Gasteiger partial charge is 0.357 e. The van der Waals surface area contributed by atoms with Crippen LogP contribution in [0.15, 0.2) is 66.7 Å². The molecule has 0 spiro atoms. The van der Waals surface area contributed by atoms with Crippen molar-refractivity contribution >= 4 is 62.3 Å². The summed E-state index contributed by atoms with van der Waals surface area (Å²) < 4.78 is 66.4. The number of likely N-dealkylation sites (N-methyl/N-ethyl adjacent to an activating group) is 1. The molecule has 220 valence electrons. The fourth-order valence-corrected chi connectivity index (χ4v) is 5.62. The molecule has 0 saturated heterocycles. The number of hydrogen-bond donors (Lipinski definition) is 1. The van der Waals surface area contributed by atoms with Gasteiger partial charge in [-0.05, 0) is 41.5 Å². The van der Waals surface area contributed by atoms with Crippen LogP contribution in [0.4, 0.5) is 18.9 Å². The number of nitrogens with one attached hydrogen (secondary N) is 1. The van der Waals surface area contributed by atoms with Crippen molar-refractivity contribution in [3.05, 3.63) is 98.5 Å². The molecule has 0 fully saturated rings.